The fourth-order valence-electron chi connectivity index (χ4n) is 4.50. The highest BCUT2D eigenvalue weighted by Crippen LogP contribution is 2.45. The van der Waals surface area contributed by atoms with Gasteiger partial charge >= 0.3 is 0 Å². The number of benzene rings is 2. The molecule has 2 unspecified atom stereocenters. The maximum atomic E-state index is 13.2. The van der Waals surface area contributed by atoms with Crippen LogP contribution < -0.4 is 14.9 Å². The number of halogens is 1. The average Bonchev–Trinajstić information content (AvgIpc) is 3.16. The average molecular weight is 475 g/mol. The predicted octanol–water partition coefficient (Wildman–Crippen LogP) is 4.13. The van der Waals surface area contributed by atoms with E-state index in [4.69, 9.17) is 30.3 Å². The summed E-state index contributed by atoms with van der Waals surface area (Å²) in [6.07, 6.45) is 0.667. The van der Waals surface area contributed by atoms with Crippen LogP contribution >= 0.6 is 11.6 Å². The van der Waals surface area contributed by atoms with Crippen LogP contribution in [-0.4, -0.2) is 50.4 Å². The lowest BCUT2D eigenvalue weighted by Crippen LogP contribution is -2.34. The molecule has 1 aliphatic heterocycles. The van der Waals surface area contributed by atoms with E-state index in [1.807, 2.05) is 11.9 Å². The Morgan fingerprint density at radius 2 is 1.94 bits per heavy atom. The van der Waals surface area contributed by atoms with Crippen molar-refractivity contribution in [3.63, 3.8) is 0 Å². The molecule has 3 aromatic rings. The third-order valence-corrected chi connectivity index (χ3v) is 6.42. The van der Waals surface area contributed by atoms with E-state index in [0.717, 1.165) is 0 Å². The lowest BCUT2D eigenvalue weighted by Gasteiger charge is -2.26. The molecule has 0 saturated carbocycles. The summed E-state index contributed by atoms with van der Waals surface area (Å²) in [6, 6.07) is 9.77. The van der Waals surface area contributed by atoms with Gasteiger partial charge < -0.3 is 23.6 Å². The van der Waals surface area contributed by atoms with Gasteiger partial charge in [0.25, 0.3) is 5.09 Å². The minimum Gasteiger partial charge on any atom is -0.496 e. The Morgan fingerprint density at radius 3 is 2.61 bits per heavy atom. The number of ether oxygens (including phenoxy) is 2. The van der Waals surface area contributed by atoms with Crippen LogP contribution in [-0.2, 0) is 4.84 Å². The van der Waals surface area contributed by atoms with Crippen molar-refractivity contribution in [1.29, 1.82) is 0 Å². The Hall–Kier alpha value is -3.30. The van der Waals surface area contributed by atoms with Gasteiger partial charge in [-0.25, -0.2) is 0 Å². The third kappa shape index (κ3) is 4.21. The van der Waals surface area contributed by atoms with Gasteiger partial charge in [0.15, 0.2) is 5.43 Å². The van der Waals surface area contributed by atoms with Crippen molar-refractivity contribution < 1.29 is 23.8 Å². The number of likely N-dealkylation sites (tertiary alicyclic amines) is 1. The van der Waals surface area contributed by atoms with E-state index in [0.29, 0.717) is 52.0 Å². The second-order valence-corrected chi connectivity index (χ2v) is 8.22. The van der Waals surface area contributed by atoms with Crippen molar-refractivity contribution in [2.75, 3.05) is 34.4 Å². The number of hydrogen-bond acceptors (Lipinski definition) is 8. The Kier molecular flexibility index (Phi) is 6.44. The van der Waals surface area contributed by atoms with Crippen LogP contribution in [0.4, 0.5) is 0 Å². The van der Waals surface area contributed by atoms with Crippen molar-refractivity contribution in [1.82, 2.24) is 4.90 Å². The topological polar surface area (TPSA) is 104 Å². The van der Waals surface area contributed by atoms with Crippen LogP contribution in [0.5, 0.6) is 11.5 Å². The van der Waals surface area contributed by atoms with Crippen molar-refractivity contribution >= 4 is 22.6 Å². The van der Waals surface area contributed by atoms with Gasteiger partial charge in [0.2, 0.25) is 0 Å². The van der Waals surface area contributed by atoms with E-state index in [-0.39, 0.29) is 29.4 Å². The molecule has 1 fully saturated rings. The maximum Gasteiger partial charge on any atom is 0.294 e. The largest absolute Gasteiger partial charge is 0.496 e. The van der Waals surface area contributed by atoms with Crippen LogP contribution in [0.1, 0.15) is 17.9 Å². The van der Waals surface area contributed by atoms with Crippen LogP contribution in [0.3, 0.4) is 0 Å². The first kappa shape index (κ1) is 22.9. The number of likely N-dealkylation sites (N-methyl/N-ethyl adjacent to an activating group) is 1. The second-order valence-electron chi connectivity index (χ2n) is 7.82. The van der Waals surface area contributed by atoms with E-state index in [1.54, 1.807) is 30.3 Å². The quantitative estimate of drug-likeness (QED) is 0.372. The number of rotatable bonds is 7. The molecule has 2 atom stereocenters. The van der Waals surface area contributed by atoms with Crippen LogP contribution in [0.25, 0.3) is 22.3 Å². The summed E-state index contributed by atoms with van der Waals surface area (Å²) >= 11 is 6.36. The molecule has 174 valence electrons. The van der Waals surface area contributed by atoms with E-state index >= 15 is 0 Å². The molecule has 0 spiro atoms. The van der Waals surface area contributed by atoms with E-state index in [9.17, 15) is 14.9 Å². The van der Waals surface area contributed by atoms with Crippen molar-refractivity contribution in [3.05, 3.63) is 67.3 Å². The summed E-state index contributed by atoms with van der Waals surface area (Å²) in [7, 11) is 4.85. The minimum atomic E-state index is -0.803. The summed E-state index contributed by atoms with van der Waals surface area (Å²) in [5, 5.41) is 10.8. The van der Waals surface area contributed by atoms with Gasteiger partial charge in [0, 0.05) is 35.2 Å². The Labute approximate surface area is 194 Å². The summed E-state index contributed by atoms with van der Waals surface area (Å²) in [5.74, 6) is 0.835. The molecule has 0 amide bonds. The number of hydrogen-bond donors (Lipinski definition) is 0. The standard InChI is InChI=1S/C23H23ClN2O7/c1-25-9-8-14(16(25)12-32-26(28)29)21-19(30-2)11-20(31-3)22-17(27)10-18(33-23(21)22)13-6-4-5-7-15(13)24/h4-7,10-11,14,16H,8-9,12H2,1-3H3. The normalized spacial score (nSPS) is 18.4. The van der Waals surface area contributed by atoms with Crippen LogP contribution in [0.2, 0.25) is 5.02 Å². The third-order valence-electron chi connectivity index (χ3n) is 6.09. The molecule has 0 radical (unpaired) electrons. The highest BCUT2D eigenvalue weighted by atomic mass is 35.5. The summed E-state index contributed by atoms with van der Waals surface area (Å²) < 4.78 is 17.4. The summed E-state index contributed by atoms with van der Waals surface area (Å²) in [5.41, 5.74) is 1.22. The molecule has 2 heterocycles. The number of nitrogens with zero attached hydrogens (tertiary/aromatic N) is 2. The van der Waals surface area contributed by atoms with Crippen LogP contribution in [0, 0.1) is 10.1 Å². The van der Waals surface area contributed by atoms with Gasteiger partial charge in [-0.05, 0) is 32.1 Å². The molecule has 0 N–H and O–H groups in total. The fraction of sp³-hybridized carbons (Fsp3) is 0.348. The molecule has 9 nitrogen and oxygen atoms in total. The molecule has 1 saturated heterocycles. The van der Waals surface area contributed by atoms with E-state index in [1.165, 1.54) is 20.3 Å². The first-order valence-corrected chi connectivity index (χ1v) is 10.7. The minimum absolute atomic E-state index is 0.126. The molecule has 1 aromatic heterocycles. The SMILES string of the molecule is COc1cc(OC)c2c(=O)cc(-c3ccccc3Cl)oc2c1C1CCN(C)C1CO[N+](=O)[O-]. The second kappa shape index (κ2) is 9.29. The van der Waals surface area contributed by atoms with Crippen LogP contribution in [0.15, 0.2) is 45.6 Å². The zero-order chi connectivity index (χ0) is 23.7. The number of methoxy groups -OCH3 is 2. The van der Waals surface area contributed by atoms with Gasteiger partial charge in [0.1, 0.15) is 34.8 Å². The molecule has 0 aliphatic carbocycles. The zero-order valence-electron chi connectivity index (χ0n) is 18.4. The zero-order valence-corrected chi connectivity index (χ0v) is 19.1. The maximum absolute atomic E-state index is 13.2. The first-order chi connectivity index (χ1) is 15.8. The van der Waals surface area contributed by atoms with E-state index < -0.39 is 5.09 Å². The molecule has 1 aliphatic rings. The Balaban J connectivity index is 1.99. The monoisotopic (exact) mass is 474 g/mol. The van der Waals surface area contributed by atoms with Gasteiger partial charge in [-0.2, -0.15) is 0 Å². The van der Waals surface area contributed by atoms with E-state index in [2.05, 4.69) is 0 Å². The molecular weight excluding hydrogens is 452 g/mol. The van der Waals surface area contributed by atoms with Gasteiger partial charge in [-0.3, -0.25) is 4.79 Å². The summed E-state index contributed by atoms with van der Waals surface area (Å²) in [4.78, 5) is 30.8. The lowest BCUT2D eigenvalue weighted by atomic mass is 9.89. The molecular formula is C23H23ClN2O7. The lowest BCUT2D eigenvalue weighted by molar-refractivity contribution is -0.758. The molecule has 0 bridgehead atoms. The van der Waals surface area contributed by atoms with Crippen molar-refractivity contribution in [2.24, 2.45) is 0 Å². The smallest absolute Gasteiger partial charge is 0.294 e. The molecule has 4 rings (SSSR count). The predicted molar refractivity (Wildman–Crippen MR) is 123 cm³/mol. The van der Waals surface area contributed by atoms with Gasteiger partial charge in [-0.15, -0.1) is 10.1 Å². The first-order valence-electron chi connectivity index (χ1n) is 10.3. The highest BCUT2D eigenvalue weighted by Gasteiger charge is 2.38. The highest BCUT2D eigenvalue weighted by molar-refractivity contribution is 6.33. The summed E-state index contributed by atoms with van der Waals surface area (Å²) in [6.45, 7) is 0.556. The molecule has 33 heavy (non-hydrogen) atoms. The Bertz CT molecular complexity index is 1260. The molecule has 2 aromatic carbocycles. The van der Waals surface area contributed by atoms with Crippen molar-refractivity contribution in [2.45, 2.75) is 18.4 Å². The number of fused-ring (bicyclic) bond motifs is 1. The van der Waals surface area contributed by atoms with Crippen molar-refractivity contribution in [3.8, 4) is 22.8 Å². The molecule has 10 heteroatoms. The fourth-order valence-corrected chi connectivity index (χ4v) is 4.73. The van der Waals surface area contributed by atoms with Gasteiger partial charge in [-0.1, -0.05) is 23.7 Å². The Morgan fingerprint density at radius 1 is 1.21 bits per heavy atom. The van der Waals surface area contributed by atoms with Gasteiger partial charge in [0.05, 0.1) is 19.2 Å².